The summed E-state index contributed by atoms with van der Waals surface area (Å²) in [6.07, 6.45) is 11.0. The van der Waals surface area contributed by atoms with Crippen LogP contribution in [0.15, 0.2) is 35.3 Å². The smallest absolute Gasteiger partial charge is 0.271 e. The van der Waals surface area contributed by atoms with Crippen molar-refractivity contribution in [2.75, 3.05) is 0 Å². The summed E-state index contributed by atoms with van der Waals surface area (Å²) >= 11 is 1.60. The predicted octanol–water partition coefficient (Wildman–Crippen LogP) is 4.22. The molecule has 1 atom stereocenters. The first kappa shape index (κ1) is 18.6. The second-order valence-corrected chi connectivity index (χ2v) is 9.16. The lowest BCUT2D eigenvalue weighted by molar-refractivity contribution is 0.0930. The number of carbonyl (C=O) groups excluding carboxylic acids is 1. The van der Waals surface area contributed by atoms with Crippen LogP contribution in [0.5, 0.6) is 0 Å². The zero-order valence-corrected chi connectivity index (χ0v) is 17.3. The van der Waals surface area contributed by atoms with E-state index in [1.54, 1.807) is 15.7 Å². The number of aromatic nitrogens is 2. The summed E-state index contributed by atoms with van der Waals surface area (Å²) in [4.78, 5) is 32.8. The standard InChI is InChI=1S/C23H25N3O2S/c27-21(25-18-11-7-9-15-8-5-6-10-16(15)18)17-14-24-23-26(22(17)28)19-12-3-1-2-4-13-20(19)29-23/h5-6,8,10,14,18H,1-4,7,9,11-13H2,(H,25,27). The van der Waals surface area contributed by atoms with Gasteiger partial charge in [0.2, 0.25) is 0 Å². The maximum atomic E-state index is 13.3. The van der Waals surface area contributed by atoms with E-state index in [9.17, 15) is 9.59 Å². The second kappa shape index (κ2) is 7.75. The van der Waals surface area contributed by atoms with Crippen LogP contribution in [0.3, 0.4) is 0 Å². The van der Waals surface area contributed by atoms with Gasteiger partial charge >= 0.3 is 0 Å². The van der Waals surface area contributed by atoms with Gasteiger partial charge in [0.05, 0.1) is 6.04 Å². The summed E-state index contributed by atoms with van der Waals surface area (Å²) in [5, 5.41) is 3.10. The number of amides is 1. The number of hydrogen-bond acceptors (Lipinski definition) is 4. The third-order valence-corrected chi connectivity index (χ3v) is 7.38. The molecular weight excluding hydrogens is 382 g/mol. The lowest BCUT2D eigenvalue weighted by Crippen LogP contribution is -2.35. The Morgan fingerprint density at radius 1 is 1.07 bits per heavy atom. The van der Waals surface area contributed by atoms with Crippen LogP contribution in [0, 0.1) is 0 Å². The predicted molar refractivity (Wildman–Crippen MR) is 115 cm³/mol. The van der Waals surface area contributed by atoms with Crippen LogP contribution in [0.4, 0.5) is 0 Å². The molecule has 3 aromatic rings. The summed E-state index contributed by atoms with van der Waals surface area (Å²) in [5.74, 6) is -0.315. The largest absolute Gasteiger partial charge is 0.345 e. The van der Waals surface area contributed by atoms with Crippen LogP contribution in [-0.4, -0.2) is 15.3 Å². The van der Waals surface area contributed by atoms with Gasteiger partial charge in [0, 0.05) is 16.8 Å². The van der Waals surface area contributed by atoms with Crippen LogP contribution in [0.2, 0.25) is 0 Å². The van der Waals surface area contributed by atoms with Gasteiger partial charge in [-0.05, 0) is 56.1 Å². The Balaban J connectivity index is 1.49. The zero-order valence-electron chi connectivity index (χ0n) is 16.4. The summed E-state index contributed by atoms with van der Waals surface area (Å²) in [6, 6.07) is 8.21. The lowest BCUT2D eigenvalue weighted by atomic mass is 9.87. The number of carbonyl (C=O) groups is 1. The van der Waals surface area contributed by atoms with Crippen molar-refractivity contribution in [3.05, 3.63) is 68.1 Å². The van der Waals surface area contributed by atoms with E-state index >= 15 is 0 Å². The Morgan fingerprint density at radius 2 is 1.90 bits per heavy atom. The Hall–Kier alpha value is -2.47. The number of hydrogen-bond donors (Lipinski definition) is 1. The number of benzene rings is 1. The fraction of sp³-hybridized carbons (Fsp3) is 0.435. The average molecular weight is 408 g/mol. The highest BCUT2D eigenvalue weighted by molar-refractivity contribution is 7.17. The molecule has 2 aliphatic carbocycles. The Morgan fingerprint density at radius 3 is 2.79 bits per heavy atom. The van der Waals surface area contributed by atoms with E-state index in [0.717, 1.165) is 50.6 Å². The summed E-state index contributed by atoms with van der Waals surface area (Å²) in [5.41, 5.74) is 3.44. The SMILES string of the molecule is O=C(NC1CCCc2ccccc21)c1cnc2sc3c(n2c1=O)CCCCCC3. The number of aryl methyl sites for hydroxylation is 3. The topological polar surface area (TPSA) is 63.5 Å². The molecule has 0 fully saturated rings. The molecule has 150 valence electrons. The van der Waals surface area contributed by atoms with E-state index in [1.807, 2.05) is 12.1 Å². The first-order chi connectivity index (χ1) is 14.2. The molecule has 1 aromatic carbocycles. The summed E-state index contributed by atoms with van der Waals surface area (Å²) in [7, 11) is 0. The normalized spacial score (nSPS) is 19.1. The molecule has 5 rings (SSSR count). The van der Waals surface area contributed by atoms with Crippen LogP contribution in [0.25, 0.3) is 4.96 Å². The Bertz CT molecular complexity index is 1130. The molecule has 6 heteroatoms. The molecule has 0 spiro atoms. The zero-order chi connectivity index (χ0) is 19.8. The Kier molecular flexibility index (Phi) is 4.96. The molecule has 1 unspecified atom stereocenters. The summed E-state index contributed by atoms with van der Waals surface area (Å²) in [6.45, 7) is 0. The molecule has 2 aliphatic rings. The molecular formula is C23H25N3O2S. The monoisotopic (exact) mass is 407 g/mol. The van der Waals surface area contributed by atoms with E-state index in [0.29, 0.717) is 4.96 Å². The number of nitrogens with one attached hydrogen (secondary N) is 1. The molecule has 0 saturated heterocycles. The molecule has 1 N–H and O–H groups in total. The van der Waals surface area contributed by atoms with Crippen LogP contribution in [-0.2, 0) is 19.3 Å². The van der Waals surface area contributed by atoms with Crippen molar-refractivity contribution in [3.8, 4) is 0 Å². The van der Waals surface area contributed by atoms with Crippen molar-refractivity contribution in [1.82, 2.24) is 14.7 Å². The van der Waals surface area contributed by atoms with E-state index in [1.165, 1.54) is 35.0 Å². The van der Waals surface area contributed by atoms with Crippen LogP contribution < -0.4 is 10.9 Å². The van der Waals surface area contributed by atoms with Gasteiger partial charge in [-0.1, -0.05) is 37.1 Å². The van der Waals surface area contributed by atoms with E-state index in [-0.39, 0.29) is 23.1 Å². The molecule has 0 bridgehead atoms. The van der Waals surface area contributed by atoms with Gasteiger partial charge < -0.3 is 5.32 Å². The highest BCUT2D eigenvalue weighted by atomic mass is 32.1. The Labute approximate surface area is 173 Å². The highest BCUT2D eigenvalue weighted by Gasteiger charge is 2.25. The molecule has 2 heterocycles. The van der Waals surface area contributed by atoms with Gasteiger partial charge in [-0.2, -0.15) is 0 Å². The van der Waals surface area contributed by atoms with Gasteiger partial charge in [-0.15, -0.1) is 11.3 Å². The van der Waals surface area contributed by atoms with E-state index in [2.05, 4.69) is 22.4 Å². The third kappa shape index (κ3) is 3.39. The van der Waals surface area contributed by atoms with Gasteiger partial charge in [-0.3, -0.25) is 14.0 Å². The van der Waals surface area contributed by atoms with Gasteiger partial charge in [-0.25, -0.2) is 4.98 Å². The van der Waals surface area contributed by atoms with Crippen molar-refractivity contribution in [2.24, 2.45) is 0 Å². The fourth-order valence-electron chi connectivity index (χ4n) is 4.72. The average Bonchev–Trinajstić information content (AvgIpc) is 3.06. The van der Waals surface area contributed by atoms with Crippen molar-refractivity contribution < 1.29 is 4.79 Å². The minimum Gasteiger partial charge on any atom is -0.345 e. The minimum absolute atomic E-state index is 0.0457. The quantitative estimate of drug-likeness (QED) is 0.692. The van der Waals surface area contributed by atoms with Gasteiger partial charge in [0.25, 0.3) is 11.5 Å². The second-order valence-electron chi connectivity index (χ2n) is 8.10. The molecule has 29 heavy (non-hydrogen) atoms. The van der Waals surface area contributed by atoms with E-state index < -0.39 is 0 Å². The number of fused-ring (bicyclic) bond motifs is 4. The molecule has 0 radical (unpaired) electrons. The van der Waals surface area contributed by atoms with Crippen LogP contribution in [0.1, 0.15) is 76.6 Å². The molecule has 5 nitrogen and oxygen atoms in total. The minimum atomic E-state index is -0.315. The number of nitrogens with zero attached hydrogens (tertiary/aromatic N) is 2. The van der Waals surface area contributed by atoms with Gasteiger partial charge in [0.15, 0.2) is 4.96 Å². The van der Waals surface area contributed by atoms with Crippen molar-refractivity contribution in [1.29, 1.82) is 0 Å². The first-order valence-electron chi connectivity index (χ1n) is 10.6. The maximum absolute atomic E-state index is 13.3. The fourth-order valence-corrected chi connectivity index (χ4v) is 5.89. The van der Waals surface area contributed by atoms with Gasteiger partial charge in [0.1, 0.15) is 5.56 Å². The maximum Gasteiger partial charge on any atom is 0.271 e. The number of rotatable bonds is 2. The molecule has 1 amide bonds. The molecule has 0 aliphatic heterocycles. The first-order valence-corrected chi connectivity index (χ1v) is 11.4. The summed E-state index contributed by atoms with van der Waals surface area (Å²) < 4.78 is 1.70. The number of thiazole rings is 1. The van der Waals surface area contributed by atoms with Crippen molar-refractivity contribution in [3.63, 3.8) is 0 Å². The van der Waals surface area contributed by atoms with Crippen molar-refractivity contribution >= 4 is 22.2 Å². The third-order valence-electron chi connectivity index (χ3n) is 6.22. The van der Waals surface area contributed by atoms with E-state index in [4.69, 9.17) is 0 Å². The van der Waals surface area contributed by atoms with Crippen LogP contribution >= 0.6 is 11.3 Å². The van der Waals surface area contributed by atoms with Crippen molar-refractivity contribution in [2.45, 2.75) is 63.8 Å². The molecule has 2 aromatic heterocycles. The molecule has 0 saturated carbocycles. The highest BCUT2D eigenvalue weighted by Crippen LogP contribution is 2.30. The lowest BCUT2D eigenvalue weighted by Gasteiger charge is -2.26.